The highest BCUT2D eigenvalue weighted by atomic mass is 35.5. The van der Waals surface area contributed by atoms with E-state index >= 15 is 0 Å². The zero-order chi connectivity index (χ0) is 14.0. The van der Waals surface area contributed by atoms with Crippen molar-refractivity contribution >= 4 is 23.2 Å². The molecule has 1 N–H and O–H groups in total. The maximum Gasteiger partial charge on any atom is 0.146 e. The average molecular weight is 299 g/mol. The van der Waals surface area contributed by atoms with Gasteiger partial charge in [0.15, 0.2) is 0 Å². The third-order valence-electron chi connectivity index (χ3n) is 2.54. The first kappa shape index (κ1) is 14.3. The standard InChI is InChI=1S/C13H16Cl2N4/c1-13(2,3)17-7-12-16-8-18-19(12)9-4-5-10(14)11(15)6-9/h4-6,8,17H,7H2,1-3H3. The van der Waals surface area contributed by atoms with Crippen LogP contribution in [0.1, 0.15) is 26.6 Å². The molecular weight excluding hydrogens is 283 g/mol. The summed E-state index contributed by atoms with van der Waals surface area (Å²) in [6, 6.07) is 5.39. The van der Waals surface area contributed by atoms with Gasteiger partial charge in [-0.25, -0.2) is 9.67 Å². The number of nitrogens with zero attached hydrogens (tertiary/aromatic N) is 3. The molecule has 0 aliphatic heterocycles. The van der Waals surface area contributed by atoms with Crippen molar-refractivity contribution in [3.8, 4) is 5.69 Å². The van der Waals surface area contributed by atoms with Crippen molar-refractivity contribution in [1.82, 2.24) is 20.1 Å². The fourth-order valence-electron chi connectivity index (χ4n) is 1.56. The van der Waals surface area contributed by atoms with Crippen LogP contribution in [0.3, 0.4) is 0 Å². The van der Waals surface area contributed by atoms with Crippen molar-refractivity contribution in [2.75, 3.05) is 0 Å². The van der Waals surface area contributed by atoms with Crippen LogP contribution in [0.5, 0.6) is 0 Å². The summed E-state index contributed by atoms with van der Waals surface area (Å²) in [6.07, 6.45) is 1.53. The van der Waals surface area contributed by atoms with Crippen LogP contribution in [-0.4, -0.2) is 20.3 Å². The van der Waals surface area contributed by atoms with Crippen LogP contribution >= 0.6 is 23.2 Å². The van der Waals surface area contributed by atoms with Crippen molar-refractivity contribution in [2.45, 2.75) is 32.9 Å². The second kappa shape index (κ2) is 5.49. The first-order valence-electron chi connectivity index (χ1n) is 5.96. The van der Waals surface area contributed by atoms with E-state index in [1.807, 2.05) is 6.07 Å². The molecule has 0 bridgehead atoms. The Balaban J connectivity index is 2.26. The van der Waals surface area contributed by atoms with Gasteiger partial charge in [-0.15, -0.1) is 0 Å². The minimum Gasteiger partial charge on any atom is -0.305 e. The molecule has 19 heavy (non-hydrogen) atoms. The third kappa shape index (κ3) is 3.69. The van der Waals surface area contributed by atoms with Gasteiger partial charge in [-0.2, -0.15) is 5.10 Å². The van der Waals surface area contributed by atoms with Gasteiger partial charge in [-0.05, 0) is 39.0 Å². The highest BCUT2D eigenvalue weighted by Gasteiger charge is 2.13. The molecule has 0 saturated heterocycles. The Hall–Kier alpha value is -1.10. The van der Waals surface area contributed by atoms with E-state index in [9.17, 15) is 0 Å². The topological polar surface area (TPSA) is 42.7 Å². The molecule has 0 fully saturated rings. The highest BCUT2D eigenvalue weighted by Crippen LogP contribution is 2.24. The zero-order valence-corrected chi connectivity index (χ0v) is 12.6. The predicted molar refractivity (Wildman–Crippen MR) is 78.0 cm³/mol. The van der Waals surface area contributed by atoms with Gasteiger partial charge in [0.05, 0.1) is 22.3 Å². The fraction of sp³-hybridized carbons (Fsp3) is 0.385. The van der Waals surface area contributed by atoms with Crippen molar-refractivity contribution in [1.29, 1.82) is 0 Å². The van der Waals surface area contributed by atoms with Gasteiger partial charge in [0.1, 0.15) is 12.2 Å². The second-order valence-corrected chi connectivity index (χ2v) is 6.10. The van der Waals surface area contributed by atoms with Crippen molar-refractivity contribution < 1.29 is 0 Å². The van der Waals surface area contributed by atoms with Gasteiger partial charge in [-0.1, -0.05) is 23.2 Å². The number of hydrogen-bond acceptors (Lipinski definition) is 3. The molecule has 0 atom stereocenters. The Morgan fingerprint density at radius 1 is 1.21 bits per heavy atom. The summed E-state index contributed by atoms with van der Waals surface area (Å²) in [6.45, 7) is 6.94. The van der Waals surface area contributed by atoms with Crippen molar-refractivity contribution in [3.05, 3.63) is 40.4 Å². The minimum atomic E-state index is 0.0222. The number of benzene rings is 1. The zero-order valence-electron chi connectivity index (χ0n) is 11.1. The number of hydrogen-bond donors (Lipinski definition) is 1. The Morgan fingerprint density at radius 3 is 2.58 bits per heavy atom. The molecule has 0 radical (unpaired) electrons. The SMILES string of the molecule is CC(C)(C)NCc1ncnn1-c1ccc(Cl)c(Cl)c1. The molecule has 2 aromatic rings. The van der Waals surface area contributed by atoms with Gasteiger partial charge in [0.2, 0.25) is 0 Å². The van der Waals surface area contributed by atoms with Crippen LogP contribution in [0, 0.1) is 0 Å². The first-order valence-corrected chi connectivity index (χ1v) is 6.72. The summed E-state index contributed by atoms with van der Waals surface area (Å²) < 4.78 is 1.75. The minimum absolute atomic E-state index is 0.0222. The van der Waals surface area contributed by atoms with Crippen LogP contribution in [-0.2, 0) is 6.54 Å². The summed E-state index contributed by atoms with van der Waals surface area (Å²) in [5.74, 6) is 0.827. The highest BCUT2D eigenvalue weighted by molar-refractivity contribution is 6.42. The predicted octanol–water partition coefficient (Wildman–Crippen LogP) is 3.46. The lowest BCUT2D eigenvalue weighted by Crippen LogP contribution is -2.35. The largest absolute Gasteiger partial charge is 0.305 e. The van der Waals surface area contributed by atoms with E-state index in [4.69, 9.17) is 23.2 Å². The number of rotatable bonds is 3. The van der Waals surface area contributed by atoms with E-state index in [1.165, 1.54) is 6.33 Å². The fourth-order valence-corrected chi connectivity index (χ4v) is 1.85. The van der Waals surface area contributed by atoms with Crippen LogP contribution in [0.4, 0.5) is 0 Å². The third-order valence-corrected chi connectivity index (χ3v) is 3.28. The molecular formula is C13H16Cl2N4. The monoisotopic (exact) mass is 298 g/mol. The molecule has 0 aliphatic rings. The summed E-state index contributed by atoms with van der Waals surface area (Å²) >= 11 is 11.9. The first-order chi connectivity index (χ1) is 8.87. The Morgan fingerprint density at radius 2 is 1.95 bits per heavy atom. The van der Waals surface area contributed by atoms with Crippen LogP contribution in [0.15, 0.2) is 24.5 Å². The van der Waals surface area contributed by atoms with Gasteiger partial charge in [0, 0.05) is 5.54 Å². The molecule has 2 rings (SSSR count). The van der Waals surface area contributed by atoms with E-state index in [1.54, 1.807) is 16.8 Å². The average Bonchev–Trinajstić information content (AvgIpc) is 2.77. The smallest absolute Gasteiger partial charge is 0.146 e. The number of nitrogens with one attached hydrogen (secondary N) is 1. The lowest BCUT2D eigenvalue weighted by atomic mass is 10.1. The van der Waals surface area contributed by atoms with Crippen molar-refractivity contribution in [3.63, 3.8) is 0 Å². The maximum absolute atomic E-state index is 6.02. The number of aromatic nitrogens is 3. The summed E-state index contributed by atoms with van der Waals surface area (Å²) in [4.78, 5) is 4.26. The lowest BCUT2D eigenvalue weighted by Gasteiger charge is -2.20. The second-order valence-electron chi connectivity index (χ2n) is 5.29. The molecule has 4 nitrogen and oxygen atoms in total. The summed E-state index contributed by atoms with van der Waals surface area (Å²) in [5.41, 5.74) is 0.867. The van der Waals surface area contributed by atoms with Crippen LogP contribution in [0.25, 0.3) is 5.69 Å². The Labute approximate surface area is 122 Å². The lowest BCUT2D eigenvalue weighted by molar-refractivity contribution is 0.415. The molecule has 1 aromatic heterocycles. The van der Waals surface area contributed by atoms with Gasteiger partial charge >= 0.3 is 0 Å². The Kier molecular flexibility index (Phi) is 4.13. The van der Waals surface area contributed by atoms with E-state index in [-0.39, 0.29) is 5.54 Å². The van der Waals surface area contributed by atoms with E-state index in [2.05, 4.69) is 36.2 Å². The van der Waals surface area contributed by atoms with Crippen molar-refractivity contribution in [2.24, 2.45) is 0 Å². The molecule has 102 valence electrons. The van der Waals surface area contributed by atoms with Crippen LogP contribution < -0.4 is 5.32 Å². The van der Waals surface area contributed by atoms with E-state index in [0.717, 1.165) is 11.5 Å². The van der Waals surface area contributed by atoms with Gasteiger partial charge < -0.3 is 5.32 Å². The molecule has 0 saturated carbocycles. The normalized spacial score (nSPS) is 11.8. The number of halogens is 2. The Bertz CT molecular complexity index is 572. The molecule has 6 heteroatoms. The van der Waals surface area contributed by atoms with Gasteiger partial charge in [-0.3, -0.25) is 0 Å². The quantitative estimate of drug-likeness (QED) is 0.943. The molecule has 0 amide bonds. The summed E-state index contributed by atoms with van der Waals surface area (Å²) in [5, 5.41) is 8.63. The van der Waals surface area contributed by atoms with E-state index in [0.29, 0.717) is 16.6 Å². The van der Waals surface area contributed by atoms with Crippen LogP contribution in [0.2, 0.25) is 10.0 Å². The summed E-state index contributed by atoms with van der Waals surface area (Å²) in [7, 11) is 0. The molecule has 0 unspecified atom stereocenters. The van der Waals surface area contributed by atoms with Gasteiger partial charge in [0.25, 0.3) is 0 Å². The molecule has 0 spiro atoms. The molecule has 1 aromatic carbocycles. The molecule has 1 heterocycles. The van der Waals surface area contributed by atoms with E-state index < -0.39 is 0 Å². The maximum atomic E-state index is 6.02. The molecule has 0 aliphatic carbocycles.